The first-order valence-electron chi connectivity index (χ1n) is 11.1. The van der Waals surface area contributed by atoms with Gasteiger partial charge in [-0.25, -0.2) is 0 Å². The molecular weight excluding hydrogens is 326 g/mol. The average Bonchev–Trinajstić information content (AvgIpc) is 3.45. The van der Waals surface area contributed by atoms with Gasteiger partial charge >= 0.3 is 0 Å². The topological polar surface area (TPSA) is 3.88 Å². The first-order chi connectivity index (χ1) is 13.2. The van der Waals surface area contributed by atoms with Gasteiger partial charge in [-0.1, -0.05) is 31.2 Å². The van der Waals surface area contributed by atoms with Crippen LogP contribution in [0, 0.1) is 11.8 Å². The fourth-order valence-electron chi connectivity index (χ4n) is 7.32. The van der Waals surface area contributed by atoms with Crippen molar-refractivity contribution in [1.82, 2.24) is 0 Å². The van der Waals surface area contributed by atoms with Gasteiger partial charge in [0.2, 0.25) is 5.52 Å². The predicted molar refractivity (Wildman–Crippen MR) is 110 cm³/mol. The van der Waals surface area contributed by atoms with Crippen LogP contribution >= 0.6 is 0 Å². The van der Waals surface area contributed by atoms with Gasteiger partial charge < -0.3 is 0 Å². The first-order valence-corrected chi connectivity index (χ1v) is 11.1. The third-order valence-corrected chi connectivity index (χ3v) is 8.95. The minimum atomic E-state index is 0.241. The lowest BCUT2D eigenvalue weighted by molar-refractivity contribution is -0.681. The third kappa shape index (κ3) is 1.71. The number of nitrogens with zero attached hydrogens (tertiary/aromatic N) is 1. The summed E-state index contributed by atoms with van der Waals surface area (Å²) in [7, 11) is 0. The molecule has 2 saturated carbocycles. The number of fused-ring (bicyclic) bond motifs is 2. The van der Waals surface area contributed by atoms with Crippen molar-refractivity contribution < 1.29 is 4.57 Å². The molecule has 1 nitrogen and oxygen atoms in total. The Hall–Kier alpha value is -1.89. The maximum absolute atomic E-state index is 2.67. The number of hydrogen-bond donors (Lipinski definition) is 0. The summed E-state index contributed by atoms with van der Waals surface area (Å²) < 4.78 is 2.67. The summed E-state index contributed by atoms with van der Waals surface area (Å²) >= 11 is 0. The average molecular weight is 355 g/mol. The van der Waals surface area contributed by atoms with E-state index >= 15 is 0 Å². The number of aromatic nitrogens is 1. The Bertz CT molecular complexity index is 1130. The molecule has 8 rings (SSSR count). The Morgan fingerprint density at radius 3 is 2.63 bits per heavy atom. The van der Waals surface area contributed by atoms with Gasteiger partial charge in [0.05, 0.1) is 16.2 Å². The molecule has 2 fully saturated rings. The van der Waals surface area contributed by atoms with Crippen molar-refractivity contribution in [2.24, 2.45) is 11.8 Å². The second kappa shape index (κ2) is 4.74. The predicted octanol–water partition coefficient (Wildman–Crippen LogP) is 5.96. The van der Waals surface area contributed by atoms with E-state index in [2.05, 4.69) is 54.9 Å². The molecule has 4 bridgehead atoms. The zero-order valence-electron chi connectivity index (χ0n) is 16.5. The van der Waals surface area contributed by atoms with Crippen LogP contribution in [0.15, 0.2) is 36.5 Å². The molecular formula is C26H28N+. The molecule has 0 N–H and O–H groups in total. The van der Waals surface area contributed by atoms with Gasteiger partial charge in [-0.2, -0.15) is 4.57 Å². The fraction of sp³-hybridized carbons (Fsp3) is 0.500. The van der Waals surface area contributed by atoms with Crippen molar-refractivity contribution in [2.75, 3.05) is 0 Å². The lowest BCUT2D eigenvalue weighted by Gasteiger charge is -2.32. The Kier molecular flexibility index (Phi) is 2.65. The van der Waals surface area contributed by atoms with Crippen LogP contribution in [0.1, 0.15) is 74.5 Å². The van der Waals surface area contributed by atoms with E-state index in [0.29, 0.717) is 0 Å². The number of benzene rings is 2. The summed E-state index contributed by atoms with van der Waals surface area (Å²) in [6.45, 7) is 5.97. The molecule has 3 atom stereocenters. The Morgan fingerprint density at radius 2 is 1.85 bits per heavy atom. The molecule has 5 aliphatic rings. The number of rotatable bonds is 1. The van der Waals surface area contributed by atoms with Crippen molar-refractivity contribution in [3.05, 3.63) is 53.2 Å². The maximum atomic E-state index is 2.67. The molecule has 0 amide bonds. The van der Waals surface area contributed by atoms with Crippen LogP contribution in [0.5, 0.6) is 0 Å². The maximum Gasteiger partial charge on any atom is 0.221 e. The van der Waals surface area contributed by atoms with E-state index in [4.69, 9.17) is 0 Å². The highest BCUT2D eigenvalue weighted by molar-refractivity contribution is 6.07. The molecule has 0 saturated heterocycles. The van der Waals surface area contributed by atoms with Gasteiger partial charge in [-0.15, -0.1) is 0 Å². The molecule has 27 heavy (non-hydrogen) atoms. The second-order valence-corrected chi connectivity index (χ2v) is 10.1. The van der Waals surface area contributed by atoms with Crippen molar-refractivity contribution in [3.63, 3.8) is 0 Å². The monoisotopic (exact) mass is 354 g/mol. The molecule has 0 spiro atoms. The van der Waals surface area contributed by atoms with Crippen molar-refractivity contribution in [1.29, 1.82) is 0 Å². The highest BCUT2D eigenvalue weighted by Gasteiger charge is 2.56. The molecule has 2 heterocycles. The quantitative estimate of drug-likeness (QED) is 0.375. The minimum Gasteiger partial charge on any atom is -0.197 e. The van der Waals surface area contributed by atoms with Crippen LogP contribution in [0.4, 0.5) is 0 Å². The Morgan fingerprint density at radius 1 is 1.04 bits per heavy atom. The molecule has 3 aromatic rings. The molecule has 3 unspecified atom stereocenters. The fourth-order valence-corrected chi connectivity index (χ4v) is 7.32. The summed E-state index contributed by atoms with van der Waals surface area (Å²) in [5.41, 5.74) is 6.86. The molecule has 136 valence electrons. The van der Waals surface area contributed by atoms with Gasteiger partial charge in [0.1, 0.15) is 0 Å². The van der Waals surface area contributed by atoms with Gasteiger partial charge in [0.25, 0.3) is 0 Å². The van der Waals surface area contributed by atoms with E-state index in [1.54, 1.807) is 33.0 Å². The van der Waals surface area contributed by atoms with E-state index in [9.17, 15) is 0 Å². The highest BCUT2D eigenvalue weighted by atomic mass is 15.0. The summed E-state index contributed by atoms with van der Waals surface area (Å²) in [5.74, 6) is 3.66. The van der Waals surface area contributed by atoms with E-state index in [1.807, 2.05) is 0 Å². The van der Waals surface area contributed by atoms with E-state index in [-0.39, 0.29) is 5.41 Å². The van der Waals surface area contributed by atoms with E-state index in [1.165, 1.54) is 37.5 Å². The Balaban J connectivity index is 1.66. The number of hydrogen-bond acceptors (Lipinski definition) is 0. The highest BCUT2D eigenvalue weighted by Crippen LogP contribution is 2.66. The van der Waals surface area contributed by atoms with E-state index < -0.39 is 0 Å². The van der Waals surface area contributed by atoms with E-state index in [0.717, 1.165) is 30.2 Å². The van der Waals surface area contributed by atoms with Crippen LogP contribution in [-0.2, 0) is 12.0 Å². The normalized spacial score (nSPS) is 35.3. The molecule has 1 aliphatic heterocycles. The largest absolute Gasteiger partial charge is 0.221 e. The molecule has 1 heteroatoms. The van der Waals surface area contributed by atoms with Gasteiger partial charge in [-0.3, -0.25) is 0 Å². The standard InChI is InChI=1S/C26H28N/c1-3-26(2)14-27-13-20-15-7-10-17-18(11-8-15)23(17)24(20)19-12-9-16-5-4-6-21(26)22(16)25(19)27/h4-6,9,12-13,15,17-18,23H,3,7-8,10-11,14H2,1-2H3/q+1. The third-order valence-electron chi connectivity index (χ3n) is 8.95. The van der Waals surface area contributed by atoms with Crippen LogP contribution in [-0.4, -0.2) is 0 Å². The first kappa shape index (κ1) is 15.1. The summed E-state index contributed by atoms with van der Waals surface area (Å²) in [4.78, 5) is 0. The second-order valence-electron chi connectivity index (χ2n) is 10.1. The van der Waals surface area contributed by atoms with Crippen LogP contribution < -0.4 is 4.57 Å². The lowest BCUT2D eigenvalue weighted by Crippen LogP contribution is -2.48. The van der Waals surface area contributed by atoms with Gasteiger partial charge in [-0.05, 0) is 85.3 Å². The summed E-state index contributed by atoms with van der Waals surface area (Å²) in [6, 6.07) is 11.9. The Labute approximate surface area is 161 Å². The van der Waals surface area contributed by atoms with Crippen molar-refractivity contribution in [3.8, 4) is 0 Å². The van der Waals surface area contributed by atoms with Crippen molar-refractivity contribution >= 4 is 21.7 Å². The SMILES string of the molecule is CCC1(C)C[n+]2cc3c(c4ccc5cccc1c5c42)C1C2CCC3CCC21. The minimum absolute atomic E-state index is 0.241. The lowest BCUT2D eigenvalue weighted by atomic mass is 9.74. The summed E-state index contributed by atoms with van der Waals surface area (Å²) in [5, 5.41) is 4.57. The summed E-state index contributed by atoms with van der Waals surface area (Å²) in [6.07, 6.45) is 9.63. The molecule has 4 aliphatic carbocycles. The number of pyridine rings is 1. The molecule has 0 radical (unpaired) electrons. The zero-order chi connectivity index (χ0) is 17.9. The van der Waals surface area contributed by atoms with Gasteiger partial charge in [0, 0.05) is 5.56 Å². The van der Waals surface area contributed by atoms with Crippen LogP contribution in [0.3, 0.4) is 0 Å². The van der Waals surface area contributed by atoms with Gasteiger partial charge in [0.15, 0.2) is 12.7 Å². The van der Waals surface area contributed by atoms with Crippen LogP contribution in [0.2, 0.25) is 0 Å². The van der Waals surface area contributed by atoms with Crippen molar-refractivity contribution in [2.45, 2.75) is 69.7 Å². The smallest absolute Gasteiger partial charge is 0.197 e. The zero-order valence-corrected chi connectivity index (χ0v) is 16.5. The molecule has 1 aromatic heterocycles. The molecule has 2 aromatic carbocycles. The van der Waals surface area contributed by atoms with Crippen LogP contribution in [0.25, 0.3) is 21.7 Å².